The predicted octanol–water partition coefficient (Wildman–Crippen LogP) is 3.26. The van der Waals surface area contributed by atoms with E-state index in [2.05, 4.69) is 5.32 Å². The Morgan fingerprint density at radius 2 is 1.73 bits per heavy atom. The van der Waals surface area contributed by atoms with Crippen LogP contribution in [0.4, 0.5) is 0 Å². The van der Waals surface area contributed by atoms with Crippen molar-refractivity contribution in [1.29, 1.82) is 0 Å². The van der Waals surface area contributed by atoms with Crippen LogP contribution in [0.15, 0.2) is 30.3 Å². The summed E-state index contributed by atoms with van der Waals surface area (Å²) in [6.07, 6.45) is 6.72. The second-order valence-electron chi connectivity index (χ2n) is 6.12. The van der Waals surface area contributed by atoms with Gasteiger partial charge in [-0.3, -0.25) is 9.59 Å². The summed E-state index contributed by atoms with van der Waals surface area (Å²) in [5.74, 6) is -0.585. The lowest BCUT2D eigenvalue weighted by atomic mass is 9.64. The number of carbonyl (C=O) groups is 2. The molecule has 4 nitrogen and oxygen atoms in total. The Bertz CT molecular complexity index is 494. The standard InChI is InChI=1S/C18H25NO3/c20-16(21)11-6-1-2-7-14-19-17(22)18(12-8-13-18)15-9-4-3-5-10-15/h3-5,9-10H,1-2,6-8,11-14H2,(H,19,22)(H,20,21). The molecule has 22 heavy (non-hydrogen) atoms. The number of aliphatic carboxylic acids is 1. The summed E-state index contributed by atoms with van der Waals surface area (Å²) in [5.41, 5.74) is 0.810. The van der Waals surface area contributed by atoms with Gasteiger partial charge in [0, 0.05) is 13.0 Å². The van der Waals surface area contributed by atoms with Gasteiger partial charge in [0.05, 0.1) is 5.41 Å². The molecule has 0 aromatic heterocycles. The average molecular weight is 303 g/mol. The van der Waals surface area contributed by atoms with E-state index in [0.717, 1.165) is 50.5 Å². The zero-order valence-electron chi connectivity index (χ0n) is 13.0. The molecule has 1 aromatic carbocycles. The number of rotatable bonds is 9. The molecule has 0 saturated heterocycles. The van der Waals surface area contributed by atoms with Crippen molar-refractivity contribution < 1.29 is 14.7 Å². The summed E-state index contributed by atoms with van der Waals surface area (Å²) in [7, 11) is 0. The normalized spacial score (nSPS) is 15.8. The van der Waals surface area contributed by atoms with E-state index in [0.29, 0.717) is 6.54 Å². The summed E-state index contributed by atoms with van der Waals surface area (Å²) >= 11 is 0. The van der Waals surface area contributed by atoms with Gasteiger partial charge in [0.2, 0.25) is 5.91 Å². The Morgan fingerprint density at radius 3 is 2.32 bits per heavy atom. The summed E-state index contributed by atoms with van der Waals surface area (Å²) < 4.78 is 0. The van der Waals surface area contributed by atoms with Crippen LogP contribution in [0, 0.1) is 0 Å². The fourth-order valence-corrected chi connectivity index (χ4v) is 3.06. The lowest BCUT2D eigenvalue weighted by Gasteiger charge is -2.40. The van der Waals surface area contributed by atoms with Crippen molar-refractivity contribution >= 4 is 11.9 Å². The highest BCUT2D eigenvalue weighted by atomic mass is 16.4. The van der Waals surface area contributed by atoms with E-state index in [-0.39, 0.29) is 17.7 Å². The van der Waals surface area contributed by atoms with Crippen LogP contribution in [0.2, 0.25) is 0 Å². The van der Waals surface area contributed by atoms with E-state index in [1.807, 2.05) is 30.3 Å². The first-order valence-corrected chi connectivity index (χ1v) is 8.21. The third-order valence-electron chi connectivity index (χ3n) is 4.57. The van der Waals surface area contributed by atoms with Gasteiger partial charge in [0.25, 0.3) is 0 Å². The number of benzene rings is 1. The third-order valence-corrected chi connectivity index (χ3v) is 4.57. The van der Waals surface area contributed by atoms with Crippen LogP contribution in [0.25, 0.3) is 0 Å². The second kappa shape index (κ2) is 7.97. The molecule has 1 amide bonds. The molecule has 2 N–H and O–H groups in total. The molecule has 2 rings (SSSR count). The minimum Gasteiger partial charge on any atom is -0.481 e. The number of unbranched alkanes of at least 4 members (excludes halogenated alkanes) is 3. The zero-order valence-corrected chi connectivity index (χ0v) is 13.0. The first-order valence-electron chi connectivity index (χ1n) is 8.21. The quantitative estimate of drug-likeness (QED) is 0.688. The van der Waals surface area contributed by atoms with E-state index >= 15 is 0 Å². The van der Waals surface area contributed by atoms with Crippen LogP contribution in [0.1, 0.15) is 56.9 Å². The van der Waals surface area contributed by atoms with Crippen molar-refractivity contribution in [3.63, 3.8) is 0 Å². The van der Waals surface area contributed by atoms with Crippen LogP contribution in [-0.2, 0) is 15.0 Å². The molecule has 1 aliphatic rings. The Labute approximate surface area is 131 Å². The fourth-order valence-electron chi connectivity index (χ4n) is 3.06. The van der Waals surface area contributed by atoms with Crippen LogP contribution < -0.4 is 5.32 Å². The molecule has 0 unspecified atom stereocenters. The maximum absolute atomic E-state index is 12.5. The molecule has 0 radical (unpaired) electrons. The third kappa shape index (κ3) is 4.09. The van der Waals surface area contributed by atoms with Crippen LogP contribution in [-0.4, -0.2) is 23.5 Å². The van der Waals surface area contributed by atoms with Gasteiger partial charge < -0.3 is 10.4 Å². The molecular formula is C18H25NO3. The van der Waals surface area contributed by atoms with Crippen molar-refractivity contribution in [3.8, 4) is 0 Å². The highest BCUT2D eigenvalue weighted by Crippen LogP contribution is 2.43. The topological polar surface area (TPSA) is 66.4 Å². The monoisotopic (exact) mass is 303 g/mol. The SMILES string of the molecule is O=C(O)CCCCCCNC(=O)C1(c2ccccc2)CCC1. The van der Waals surface area contributed by atoms with Crippen LogP contribution in [0.5, 0.6) is 0 Å². The van der Waals surface area contributed by atoms with Crippen LogP contribution in [0.3, 0.4) is 0 Å². The Morgan fingerprint density at radius 1 is 1.05 bits per heavy atom. The first kappa shape index (κ1) is 16.5. The number of hydrogen-bond acceptors (Lipinski definition) is 2. The van der Waals surface area contributed by atoms with Crippen molar-refractivity contribution in [2.24, 2.45) is 0 Å². The van der Waals surface area contributed by atoms with Gasteiger partial charge in [-0.15, -0.1) is 0 Å². The number of carboxylic acids is 1. The summed E-state index contributed by atoms with van der Waals surface area (Å²) in [4.78, 5) is 22.9. The van der Waals surface area contributed by atoms with Crippen molar-refractivity contribution in [1.82, 2.24) is 5.32 Å². The Kier molecular flexibility index (Phi) is 5.99. The van der Waals surface area contributed by atoms with Gasteiger partial charge in [-0.1, -0.05) is 49.6 Å². The largest absolute Gasteiger partial charge is 0.481 e. The molecule has 0 spiro atoms. The number of carboxylic acid groups (broad SMARTS) is 1. The van der Waals surface area contributed by atoms with Gasteiger partial charge in [0.1, 0.15) is 0 Å². The van der Waals surface area contributed by atoms with E-state index in [9.17, 15) is 9.59 Å². The fraction of sp³-hybridized carbons (Fsp3) is 0.556. The molecule has 1 fully saturated rings. The summed E-state index contributed by atoms with van der Waals surface area (Å²) in [5, 5.41) is 11.6. The van der Waals surface area contributed by atoms with Gasteiger partial charge in [-0.25, -0.2) is 0 Å². The highest BCUT2D eigenvalue weighted by molar-refractivity contribution is 5.89. The van der Waals surface area contributed by atoms with Crippen molar-refractivity contribution in [2.75, 3.05) is 6.54 Å². The molecule has 1 saturated carbocycles. The van der Waals surface area contributed by atoms with Crippen molar-refractivity contribution in [3.05, 3.63) is 35.9 Å². The molecular weight excluding hydrogens is 278 g/mol. The molecule has 120 valence electrons. The van der Waals surface area contributed by atoms with E-state index in [1.54, 1.807) is 0 Å². The van der Waals surface area contributed by atoms with Gasteiger partial charge in [-0.05, 0) is 31.2 Å². The number of nitrogens with one attached hydrogen (secondary N) is 1. The smallest absolute Gasteiger partial charge is 0.303 e. The Balaban J connectivity index is 1.71. The molecule has 0 atom stereocenters. The van der Waals surface area contributed by atoms with E-state index in [4.69, 9.17) is 5.11 Å². The zero-order chi connectivity index (χ0) is 15.8. The lowest BCUT2D eigenvalue weighted by Crippen LogP contribution is -2.49. The van der Waals surface area contributed by atoms with E-state index in [1.165, 1.54) is 0 Å². The lowest BCUT2D eigenvalue weighted by molar-refractivity contribution is -0.137. The Hall–Kier alpha value is -1.84. The maximum Gasteiger partial charge on any atom is 0.303 e. The van der Waals surface area contributed by atoms with Gasteiger partial charge >= 0.3 is 5.97 Å². The summed E-state index contributed by atoms with van der Waals surface area (Å²) in [6, 6.07) is 10.1. The molecule has 1 aromatic rings. The average Bonchev–Trinajstić information content (AvgIpc) is 2.46. The van der Waals surface area contributed by atoms with Crippen molar-refractivity contribution in [2.45, 2.75) is 56.8 Å². The number of carbonyl (C=O) groups excluding carboxylic acids is 1. The minimum absolute atomic E-state index is 0.149. The first-order chi connectivity index (χ1) is 10.6. The second-order valence-corrected chi connectivity index (χ2v) is 6.12. The highest BCUT2D eigenvalue weighted by Gasteiger charge is 2.45. The van der Waals surface area contributed by atoms with E-state index < -0.39 is 5.97 Å². The van der Waals surface area contributed by atoms with Gasteiger partial charge in [-0.2, -0.15) is 0 Å². The van der Waals surface area contributed by atoms with Crippen LogP contribution >= 0.6 is 0 Å². The minimum atomic E-state index is -0.733. The number of amides is 1. The maximum atomic E-state index is 12.5. The molecule has 0 bridgehead atoms. The summed E-state index contributed by atoms with van der Waals surface area (Å²) in [6.45, 7) is 0.681. The number of hydrogen-bond donors (Lipinski definition) is 2. The molecule has 4 heteroatoms. The molecule has 0 heterocycles. The van der Waals surface area contributed by atoms with Gasteiger partial charge in [0.15, 0.2) is 0 Å². The predicted molar refractivity (Wildman–Crippen MR) is 85.7 cm³/mol. The molecule has 1 aliphatic carbocycles. The molecule has 0 aliphatic heterocycles.